The molecule has 1 heteroatoms. The number of rotatable bonds is 2. The lowest BCUT2D eigenvalue weighted by Gasteiger charge is -2.17. The topological polar surface area (TPSA) is 0 Å². The molecule has 31 heavy (non-hydrogen) atoms. The molecule has 0 aliphatic rings. The molecule has 0 saturated heterocycles. The van der Waals surface area contributed by atoms with E-state index in [0.29, 0.717) is 0 Å². The van der Waals surface area contributed by atoms with Crippen LogP contribution < -0.4 is 0 Å². The van der Waals surface area contributed by atoms with Crippen LogP contribution in [0.3, 0.4) is 0 Å². The van der Waals surface area contributed by atoms with Gasteiger partial charge in [-0.2, -0.15) is 0 Å². The van der Waals surface area contributed by atoms with Crippen LogP contribution in [0, 0.1) is 0 Å². The Labute approximate surface area is 186 Å². The maximum absolute atomic E-state index is 6.92. The lowest BCUT2D eigenvalue weighted by Crippen LogP contribution is -1.90. The van der Waals surface area contributed by atoms with E-state index in [4.69, 9.17) is 11.6 Å². The zero-order valence-corrected chi connectivity index (χ0v) is 17.6. The van der Waals surface area contributed by atoms with Crippen LogP contribution in [0.25, 0.3) is 54.6 Å². The first-order valence-electron chi connectivity index (χ1n) is 10.5. The van der Waals surface area contributed by atoms with Crippen molar-refractivity contribution in [1.29, 1.82) is 0 Å². The molecular formula is C30H19Cl. The van der Waals surface area contributed by atoms with Crippen LogP contribution in [-0.2, 0) is 0 Å². The third-order valence-corrected chi connectivity index (χ3v) is 6.45. The number of hydrogen-bond acceptors (Lipinski definition) is 0. The molecule has 6 rings (SSSR count). The third-order valence-electron chi connectivity index (χ3n) is 6.13. The molecule has 0 heterocycles. The summed E-state index contributed by atoms with van der Waals surface area (Å²) in [6, 6.07) is 40.7. The fourth-order valence-electron chi connectivity index (χ4n) is 4.74. The highest BCUT2D eigenvalue weighted by Gasteiger charge is 2.17. The molecule has 0 aliphatic heterocycles. The summed E-state index contributed by atoms with van der Waals surface area (Å²) < 4.78 is 0. The zero-order chi connectivity index (χ0) is 20.8. The number of fused-ring (bicyclic) bond motifs is 4. The summed E-state index contributed by atoms with van der Waals surface area (Å²) in [5.74, 6) is 0. The molecule has 6 aromatic rings. The van der Waals surface area contributed by atoms with Gasteiger partial charge in [0, 0.05) is 10.6 Å². The van der Waals surface area contributed by atoms with Gasteiger partial charge in [-0.1, -0.05) is 115 Å². The first-order valence-corrected chi connectivity index (χ1v) is 10.9. The predicted octanol–water partition coefficient (Wildman–Crippen LogP) is 9.13. The average Bonchev–Trinajstić information content (AvgIpc) is 2.83. The van der Waals surface area contributed by atoms with Crippen LogP contribution in [0.15, 0.2) is 115 Å². The van der Waals surface area contributed by atoms with Crippen molar-refractivity contribution in [3.8, 4) is 22.3 Å². The van der Waals surface area contributed by atoms with E-state index in [2.05, 4.69) is 103 Å². The second-order valence-corrected chi connectivity index (χ2v) is 8.29. The Morgan fingerprint density at radius 2 is 0.968 bits per heavy atom. The monoisotopic (exact) mass is 414 g/mol. The van der Waals surface area contributed by atoms with Gasteiger partial charge in [0.05, 0.1) is 0 Å². The molecule has 146 valence electrons. The predicted molar refractivity (Wildman–Crippen MR) is 135 cm³/mol. The van der Waals surface area contributed by atoms with Crippen molar-refractivity contribution in [3.05, 3.63) is 120 Å². The highest BCUT2D eigenvalue weighted by molar-refractivity contribution is 6.35. The maximum atomic E-state index is 6.92. The quantitative estimate of drug-likeness (QED) is 0.248. The smallest absolute Gasteiger partial charge is 0.0490 e. The first kappa shape index (κ1) is 18.2. The van der Waals surface area contributed by atoms with Crippen LogP contribution in [-0.4, -0.2) is 0 Å². The van der Waals surface area contributed by atoms with Crippen molar-refractivity contribution in [3.63, 3.8) is 0 Å². The Morgan fingerprint density at radius 1 is 0.387 bits per heavy atom. The molecule has 0 unspecified atom stereocenters. The lowest BCUT2D eigenvalue weighted by atomic mass is 9.87. The van der Waals surface area contributed by atoms with Crippen LogP contribution >= 0.6 is 11.6 Å². The van der Waals surface area contributed by atoms with Crippen molar-refractivity contribution >= 4 is 43.9 Å². The molecular weight excluding hydrogens is 396 g/mol. The highest BCUT2D eigenvalue weighted by Crippen LogP contribution is 2.44. The molecule has 0 aromatic heterocycles. The van der Waals surface area contributed by atoms with E-state index in [9.17, 15) is 0 Å². The van der Waals surface area contributed by atoms with Gasteiger partial charge in [-0.15, -0.1) is 0 Å². The average molecular weight is 415 g/mol. The molecule has 0 atom stereocenters. The number of hydrogen-bond donors (Lipinski definition) is 0. The summed E-state index contributed by atoms with van der Waals surface area (Å²) in [6.07, 6.45) is 0. The summed E-state index contributed by atoms with van der Waals surface area (Å²) in [6.45, 7) is 0. The minimum absolute atomic E-state index is 0.769. The van der Waals surface area contributed by atoms with E-state index in [1.54, 1.807) is 0 Å². The molecule has 6 aromatic carbocycles. The van der Waals surface area contributed by atoms with Crippen molar-refractivity contribution in [2.45, 2.75) is 0 Å². The number of benzene rings is 6. The van der Waals surface area contributed by atoms with Gasteiger partial charge >= 0.3 is 0 Å². The van der Waals surface area contributed by atoms with Gasteiger partial charge in [0.1, 0.15) is 0 Å². The van der Waals surface area contributed by atoms with Crippen LogP contribution in [0.5, 0.6) is 0 Å². The van der Waals surface area contributed by atoms with E-state index in [0.717, 1.165) is 16.1 Å². The lowest BCUT2D eigenvalue weighted by molar-refractivity contribution is 1.62. The van der Waals surface area contributed by atoms with E-state index < -0.39 is 0 Å². The molecule has 0 bridgehead atoms. The summed E-state index contributed by atoms with van der Waals surface area (Å²) in [4.78, 5) is 0. The Hall–Kier alpha value is -3.61. The summed E-state index contributed by atoms with van der Waals surface area (Å²) >= 11 is 6.92. The minimum Gasteiger partial charge on any atom is -0.0836 e. The summed E-state index contributed by atoms with van der Waals surface area (Å²) in [5, 5.41) is 8.19. The molecule has 0 amide bonds. The van der Waals surface area contributed by atoms with Crippen molar-refractivity contribution in [2.24, 2.45) is 0 Å². The van der Waals surface area contributed by atoms with Crippen molar-refractivity contribution in [2.75, 3.05) is 0 Å². The second-order valence-electron chi connectivity index (χ2n) is 7.88. The molecule has 0 nitrogen and oxygen atoms in total. The molecule has 0 aliphatic carbocycles. The van der Waals surface area contributed by atoms with E-state index in [1.165, 1.54) is 43.4 Å². The van der Waals surface area contributed by atoms with Gasteiger partial charge in [0.25, 0.3) is 0 Å². The van der Waals surface area contributed by atoms with E-state index in [1.807, 2.05) is 12.1 Å². The van der Waals surface area contributed by atoms with E-state index >= 15 is 0 Å². The first-order chi connectivity index (χ1) is 15.3. The summed E-state index contributed by atoms with van der Waals surface area (Å²) in [7, 11) is 0. The zero-order valence-electron chi connectivity index (χ0n) is 16.8. The summed E-state index contributed by atoms with van der Waals surface area (Å²) in [5.41, 5.74) is 4.61. The Bertz CT molecular complexity index is 1590. The van der Waals surface area contributed by atoms with Crippen molar-refractivity contribution in [1.82, 2.24) is 0 Å². The van der Waals surface area contributed by atoms with Gasteiger partial charge in [-0.25, -0.2) is 0 Å². The molecule has 0 saturated carbocycles. The minimum atomic E-state index is 0.769. The maximum Gasteiger partial charge on any atom is 0.0490 e. The molecule has 0 N–H and O–H groups in total. The highest BCUT2D eigenvalue weighted by atomic mass is 35.5. The SMILES string of the molecule is Clc1cccc(-c2cccc3ccccc23)c1-c1cc2ccccc2c2ccccc12. The van der Waals surface area contributed by atoms with Crippen LogP contribution in [0.1, 0.15) is 0 Å². The fourth-order valence-corrected chi connectivity index (χ4v) is 5.02. The molecule has 0 fully saturated rings. The molecule has 0 spiro atoms. The number of halogens is 1. The van der Waals surface area contributed by atoms with Gasteiger partial charge in [0.15, 0.2) is 0 Å². The molecule has 0 radical (unpaired) electrons. The van der Waals surface area contributed by atoms with E-state index in [-0.39, 0.29) is 0 Å². The normalized spacial score (nSPS) is 11.4. The van der Waals surface area contributed by atoms with Crippen LogP contribution in [0.4, 0.5) is 0 Å². The largest absolute Gasteiger partial charge is 0.0836 e. The van der Waals surface area contributed by atoms with Crippen LogP contribution in [0.2, 0.25) is 5.02 Å². The van der Waals surface area contributed by atoms with Crippen molar-refractivity contribution < 1.29 is 0 Å². The standard InChI is InChI=1S/C30H19Cl/c31-29-18-8-17-27(25-16-7-11-20-9-1-3-12-22(20)25)30(29)28-19-21-10-2-4-13-23(21)24-14-5-6-15-26(24)28/h1-19H. The van der Waals surface area contributed by atoms with Gasteiger partial charge in [-0.3, -0.25) is 0 Å². The Morgan fingerprint density at radius 3 is 1.81 bits per heavy atom. The van der Waals surface area contributed by atoms with Gasteiger partial charge < -0.3 is 0 Å². The third kappa shape index (κ3) is 2.91. The van der Waals surface area contributed by atoms with Gasteiger partial charge in [-0.05, 0) is 61.1 Å². The second kappa shape index (κ2) is 7.27. The fraction of sp³-hybridized carbons (Fsp3) is 0. The Balaban J connectivity index is 1.75. The Kier molecular flexibility index (Phi) is 4.26. The van der Waals surface area contributed by atoms with Gasteiger partial charge in [0.2, 0.25) is 0 Å².